The largest absolute Gasteiger partial charge is 0.455 e. The summed E-state index contributed by atoms with van der Waals surface area (Å²) in [6.45, 7) is 4.47. The molecule has 0 saturated carbocycles. The van der Waals surface area contributed by atoms with E-state index in [4.69, 9.17) is 4.42 Å². The quantitative estimate of drug-likeness (QED) is 0.180. The average molecular weight is 483 g/mol. The van der Waals surface area contributed by atoms with Crippen LogP contribution in [0.4, 0.5) is 10.7 Å². The molecule has 0 unspecified atom stereocenters. The molecule has 0 N–H and O–H groups in total. The number of benzene rings is 2. The highest BCUT2D eigenvalue weighted by Gasteiger charge is 2.24. The van der Waals surface area contributed by atoms with Crippen LogP contribution in [0, 0.1) is 28.4 Å². The molecule has 0 radical (unpaired) electrons. The van der Waals surface area contributed by atoms with Crippen LogP contribution >= 0.6 is 11.3 Å². The van der Waals surface area contributed by atoms with E-state index in [0.717, 1.165) is 37.2 Å². The fourth-order valence-electron chi connectivity index (χ4n) is 4.30. The molecular weight excluding hydrogens is 460 g/mol. The van der Waals surface area contributed by atoms with Gasteiger partial charge in [-0.05, 0) is 42.2 Å². The lowest BCUT2D eigenvalue weighted by molar-refractivity contribution is -0.384. The lowest BCUT2D eigenvalue weighted by Crippen LogP contribution is -2.29. The van der Waals surface area contributed by atoms with Crippen LogP contribution in [0.1, 0.15) is 32.9 Å². The summed E-state index contributed by atoms with van der Waals surface area (Å²) in [7, 11) is 0. The van der Waals surface area contributed by atoms with E-state index in [-0.39, 0.29) is 5.69 Å². The number of nitriles is 1. The number of nitro benzene ring substituents is 1. The summed E-state index contributed by atoms with van der Waals surface area (Å²) in [5.74, 6) is 1.06. The van der Waals surface area contributed by atoms with Crippen LogP contribution in [-0.4, -0.2) is 22.6 Å². The van der Waals surface area contributed by atoms with Gasteiger partial charge in [0.2, 0.25) is 0 Å². The van der Waals surface area contributed by atoms with Gasteiger partial charge >= 0.3 is 0 Å². The van der Waals surface area contributed by atoms with E-state index in [9.17, 15) is 15.4 Å². The number of furan rings is 1. The normalized spacial score (nSPS) is 13.6. The monoisotopic (exact) mass is 482 g/mol. The molecule has 8 heteroatoms. The summed E-state index contributed by atoms with van der Waals surface area (Å²) in [5.41, 5.74) is 4.58. The molecule has 2 aromatic carbocycles. The minimum Gasteiger partial charge on any atom is -0.455 e. The molecule has 0 saturated heterocycles. The minimum atomic E-state index is -0.419. The van der Waals surface area contributed by atoms with Crippen molar-refractivity contribution in [2.75, 3.05) is 6.54 Å². The maximum Gasteiger partial charge on any atom is 0.270 e. The number of fused-ring (bicyclic) bond motifs is 1. The topological polar surface area (TPSA) is 95.7 Å². The number of nitrogens with zero attached hydrogens (tertiary/aromatic N) is 4. The first-order valence-corrected chi connectivity index (χ1v) is 12.0. The lowest BCUT2D eigenvalue weighted by atomic mass is 10.0. The van der Waals surface area contributed by atoms with Gasteiger partial charge in [0.1, 0.15) is 22.6 Å². The molecule has 0 atom stereocenters. The van der Waals surface area contributed by atoms with Crippen LogP contribution in [0.3, 0.4) is 0 Å². The van der Waals surface area contributed by atoms with E-state index in [2.05, 4.69) is 40.2 Å². The van der Waals surface area contributed by atoms with Gasteiger partial charge < -0.3 is 4.42 Å². The number of hydrogen-bond donors (Lipinski definition) is 0. The highest BCUT2D eigenvalue weighted by Crippen LogP contribution is 2.39. The van der Waals surface area contributed by atoms with Gasteiger partial charge in [-0.3, -0.25) is 15.0 Å². The molecule has 35 heavy (non-hydrogen) atoms. The molecule has 0 bridgehead atoms. The maximum atomic E-state index is 11.1. The molecule has 174 valence electrons. The van der Waals surface area contributed by atoms with Gasteiger partial charge in [0.05, 0.1) is 16.7 Å². The molecule has 4 aromatic rings. The second-order valence-corrected chi connectivity index (χ2v) is 9.54. The van der Waals surface area contributed by atoms with Gasteiger partial charge in [-0.1, -0.05) is 36.4 Å². The molecule has 0 spiro atoms. The Balaban J connectivity index is 1.36. The van der Waals surface area contributed by atoms with E-state index >= 15 is 0 Å². The van der Waals surface area contributed by atoms with E-state index in [1.165, 1.54) is 22.6 Å². The van der Waals surface area contributed by atoms with Gasteiger partial charge in [-0.15, -0.1) is 11.3 Å². The van der Waals surface area contributed by atoms with Crippen molar-refractivity contribution in [2.45, 2.75) is 26.4 Å². The highest BCUT2D eigenvalue weighted by atomic mass is 32.1. The predicted octanol–water partition coefficient (Wildman–Crippen LogP) is 6.41. The fraction of sp³-hybridized carbons (Fsp3) is 0.185. The molecule has 1 aliphatic rings. The Morgan fingerprint density at radius 1 is 1.23 bits per heavy atom. The SMILES string of the molecule is Cc1ccc([N+](=O)[O-])cc1-c1ccc(C=Nc2sc3c(c2C#N)CCN(Cc2ccccc2)C3)o1. The van der Waals surface area contributed by atoms with Crippen molar-refractivity contribution in [3.8, 4) is 17.4 Å². The van der Waals surface area contributed by atoms with Gasteiger partial charge in [-0.25, -0.2) is 4.99 Å². The van der Waals surface area contributed by atoms with Crippen LogP contribution < -0.4 is 0 Å². The van der Waals surface area contributed by atoms with Crippen molar-refractivity contribution in [1.29, 1.82) is 5.26 Å². The molecule has 0 aliphatic carbocycles. The Labute approximate surface area is 206 Å². The average Bonchev–Trinajstić information content (AvgIpc) is 3.47. The maximum absolute atomic E-state index is 11.1. The van der Waals surface area contributed by atoms with E-state index in [1.807, 2.05) is 13.0 Å². The van der Waals surface area contributed by atoms with Gasteiger partial charge in [0, 0.05) is 42.2 Å². The first kappa shape index (κ1) is 22.7. The number of thiophene rings is 1. The second kappa shape index (κ2) is 9.66. The first-order valence-electron chi connectivity index (χ1n) is 11.2. The molecule has 7 nitrogen and oxygen atoms in total. The van der Waals surface area contributed by atoms with Crippen molar-refractivity contribution in [3.63, 3.8) is 0 Å². The molecule has 0 amide bonds. The number of aryl methyl sites for hydroxylation is 1. The first-order chi connectivity index (χ1) is 17.0. The van der Waals surface area contributed by atoms with E-state index in [1.54, 1.807) is 35.8 Å². The van der Waals surface area contributed by atoms with Gasteiger partial charge in [-0.2, -0.15) is 5.26 Å². The zero-order valence-electron chi connectivity index (χ0n) is 19.1. The Bertz CT molecular complexity index is 1460. The van der Waals surface area contributed by atoms with Crippen LogP contribution in [0.15, 0.2) is 70.1 Å². The van der Waals surface area contributed by atoms with Crippen LogP contribution in [0.25, 0.3) is 11.3 Å². The summed E-state index contributed by atoms with van der Waals surface area (Å²) in [6, 6.07) is 21.0. The summed E-state index contributed by atoms with van der Waals surface area (Å²) < 4.78 is 5.91. The van der Waals surface area contributed by atoms with E-state index < -0.39 is 4.92 Å². The van der Waals surface area contributed by atoms with Crippen molar-refractivity contribution in [2.24, 2.45) is 4.99 Å². The zero-order valence-corrected chi connectivity index (χ0v) is 19.9. The number of non-ortho nitro benzene ring substituents is 1. The summed E-state index contributed by atoms with van der Waals surface area (Å²) in [4.78, 5) is 18.9. The Kier molecular flexibility index (Phi) is 6.27. The third kappa shape index (κ3) is 4.78. The number of aliphatic imine (C=N–C) groups is 1. The summed E-state index contributed by atoms with van der Waals surface area (Å²) in [6.07, 6.45) is 2.43. The molecular formula is C27H22N4O3S. The lowest BCUT2D eigenvalue weighted by Gasteiger charge is -2.26. The Morgan fingerprint density at radius 3 is 2.83 bits per heavy atom. The van der Waals surface area contributed by atoms with E-state index in [0.29, 0.717) is 27.6 Å². The number of hydrogen-bond acceptors (Lipinski definition) is 7. The number of nitro groups is 1. The molecule has 1 aliphatic heterocycles. The Morgan fingerprint density at radius 2 is 2.06 bits per heavy atom. The van der Waals surface area contributed by atoms with Crippen molar-refractivity contribution >= 4 is 28.2 Å². The Hall–Kier alpha value is -4.06. The standard InChI is InChI=1S/C27H22N4O3S/c1-18-7-8-20(31(32)33)13-23(18)25-10-9-21(34-25)15-29-27-24(14-28)22-11-12-30(17-26(22)35-27)16-19-5-3-2-4-6-19/h2-10,13,15H,11-12,16-17H2,1H3. The fourth-order valence-corrected chi connectivity index (χ4v) is 5.49. The summed E-state index contributed by atoms with van der Waals surface area (Å²) >= 11 is 1.55. The number of rotatable bonds is 6. The summed E-state index contributed by atoms with van der Waals surface area (Å²) in [5, 5.41) is 21.6. The zero-order chi connectivity index (χ0) is 24.4. The molecule has 0 fully saturated rings. The minimum absolute atomic E-state index is 0.0151. The van der Waals surface area contributed by atoms with Crippen molar-refractivity contribution in [1.82, 2.24) is 4.90 Å². The van der Waals surface area contributed by atoms with Crippen molar-refractivity contribution in [3.05, 3.63) is 104 Å². The molecule has 3 heterocycles. The second-order valence-electron chi connectivity index (χ2n) is 8.46. The third-order valence-corrected chi connectivity index (χ3v) is 7.24. The van der Waals surface area contributed by atoms with Crippen molar-refractivity contribution < 1.29 is 9.34 Å². The van der Waals surface area contributed by atoms with Crippen LogP contribution in [0.5, 0.6) is 0 Å². The van der Waals surface area contributed by atoms with Gasteiger partial charge in [0.15, 0.2) is 0 Å². The molecule has 5 rings (SSSR count). The predicted molar refractivity (Wildman–Crippen MR) is 136 cm³/mol. The third-order valence-electron chi connectivity index (χ3n) is 6.11. The molecule has 2 aromatic heterocycles. The smallest absolute Gasteiger partial charge is 0.270 e. The van der Waals surface area contributed by atoms with Gasteiger partial charge in [0.25, 0.3) is 5.69 Å². The van der Waals surface area contributed by atoms with Crippen LogP contribution in [0.2, 0.25) is 0 Å². The highest BCUT2D eigenvalue weighted by molar-refractivity contribution is 7.16. The van der Waals surface area contributed by atoms with Crippen LogP contribution in [-0.2, 0) is 19.5 Å².